The Hall–Kier alpha value is -1.14. The summed E-state index contributed by atoms with van der Waals surface area (Å²) in [4.78, 5) is -0.0115. The third kappa shape index (κ3) is 2.54. The van der Waals surface area contributed by atoms with E-state index in [0.717, 1.165) is 18.9 Å². The van der Waals surface area contributed by atoms with Crippen LogP contribution in [0.1, 0.15) is 32.3 Å². The molecule has 1 heterocycles. The van der Waals surface area contributed by atoms with Gasteiger partial charge in [-0.2, -0.15) is 4.31 Å². The van der Waals surface area contributed by atoms with Crippen molar-refractivity contribution in [1.29, 1.82) is 0 Å². The summed E-state index contributed by atoms with van der Waals surface area (Å²) in [5.41, 5.74) is 5.86. The van der Waals surface area contributed by atoms with Gasteiger partial charge in [0.1, 0.15) is 5.82 Å². The van der Waals surface area contributed by atoms with Gasteiger partial charge in [0.2, 0.25) is 10.0 Å². The number of anilines is 1. The van der Waals surface area contributed by atoms with Gasteiger partial charge in [0.15, 0.2) is 0 Å². The van der Waals surface area contributed by atoms with Crippen LogP contribution in [0.5, 0.6) is 0 Å². The Morgan fingerprint density at radius 1 is 1.40 bits per heavy atom. The maximum atomic E-state index is 13.8. The molecule has 0 bridgehead atoms. The van der Waals surface area contributed by atoms with Gasteiger partial charge in [0.25, 0.3) is 0 Å². The molecule has 1 aliphatic rings. The molecular weight excluding hydrogens is 279 g/mol. The minimum absolute atomic E-state index is 0.0115. The van der Waals surface area contributed by atoms with Crippen LogP contribution in [0.2, 0.25) is 0 Å². The molecule has 1 saturated heterocycles. The molecule has 1 unspecified atom stereocenters. The lowest BCUT2D eigenvalue weighted by molar-refractivity contribution is 0.315. The second-order valence-corrected chi connectivity index (χ2v) is 7.55. The Morgan fingerprint density at radius 2 is 2.05 bits per heavy atom. The maximum Gasteiger partial charge on any atom is 0.243 e. The van der Waals surface area contributed by atoms with Crippen LogP contribution in [0.25, 0.3) is 0 Å². The second kappa shape index (κ2) is 5.33. The number of sulfonamides is 1. The van der Waals surface area contributed by atoms with E-state index in [1.54, 1.807) is 0 Å². The van der Waals surface area contributed by atoms with Gasteiger partial charge in [-0.05, 0) is 37.8 Å². The van der Waals surface area contributed by atoms with E-state index >= 15 is 0 Å². The molecule has 1 aliphatic heterocycles. The first-order valence-electron chi connectivity index (χ1n) is 6.82. The fraction of sp³-hybridized carbons (Fsp3) is 0.571. The Balaban J connectivity index is 2.51. The molecule has 1 fully saturated rings. The number of nitrogen functional groups attached to an aromatic ring is 1. The van der Waals surface area contributed by atoms with Crippen molar-refractivity contribution in [3.05, 3.63) is 23.5 Å². The van der Waals surface area contributed by atoms with Crippen LogP contribution in [0.3, 0.4) is 0 Å². The molecule has 20 heavy (non-hydrogen) atoms. The van der Waals surface area contributed by atoms with Crippen molar-refractivity contribution < 1.29 is 12.8 Å². The predicted molar refractivity (Wildman–Crippen MR) is 77.3 cm³/mol. The van der Waals surface area contributed by atoms with Crippen molar-refractivity contribution in [3.8, 4) is 0 Å². The second-order valence-electron chi connectivity index (χ2n) is 5.70. The van der Waals surface area contributed by atoms with Crippen LogP contribution < -0.4 is 5.73 Å². The van der Waals surface area contributed by atoms with E-state index in [1.807, 2.05) is 13.8 Å². The number of nitrogens with zero attached hydrogens (tertiary/aromatic N) is 1. The lowest BCUT2D eigenvalue weighted by atomic mass is 10.0. The summed E-state index contributed by atoms with van der Waals surface area (Å²) in [5.74, 6) is -0.345. The predicted octanol–water partition coefficient (Wildman–Crippen LogP) is 2.53. The standard InChI is InChI=1S/C14H21FN2O2S/c1-9(2)13-5-4-6-17(13)20(18,19)14-8-11(16)7-12(15)10(14)3/h7-9,13H,4-6,16H2,1-3H3. The molecule has 1 aromatic carbocycles. The van der Waals surface area contributed by atoms with Crippen molar-refractivity contribution in [2.24, 2.45) is 5.92 Å². The lowest BCUT2D eigenvalue weighted by Gasteiger charge is -2.27. The van der Waals surface area contributed by atoms with Crippen molar-refractivity contribution in [3.63, 3.8) is 0 Å². The molecule has 0 radical (unpaired) electrons. The summed E-state index contributed by atoms with van der Waals surface area (Å²) >= 11 is 0. The van der Waals surface area contributed by atoms with Crippen LogP contribution in [-0.2, 0) is 10.0 Å². The average molecular weight is 300 g/mol. The molecule has 1 aromatic rings. The van der Waals surface area contributed by atoms with E-state index in [1.165, 1.54) is 17.3 Å². The van der Waals surface area contributed by atoms with E-state index in [9.17, 15) is 12.8 Å². The highest BCUT2D eigenvalue weighted by Crippen LogP contribution is 2.32. The minimum atomic E-state index is -3.70. The number of nitrogens with two attached hydrogens (primary N) is 1. The molecule has 0 aromatic heterocycles. The van der Waals surface area contributed by atoms with Gasteiger partial charge in [-0.1, -0.05) is 13.8 Å². The summed E-state index contributed by atoms with van der Waals surface area (Å²) in [6.07, 6.45) is 1.69. The smallest absolute Gasteiger partial charge is 0.243 e. The summed E-state index contributed by atoms with van der Waals surface area (Å²) < 4.78 is 40.8. The van der Waals surface area contributed by atoms with Crippen LogP contribution in [0, 0.1) is 18.7 Å². The zero-order valence-electron chi connectivity index (χ0n) is 12.1. The monoisotopic (exact) mass is 300 g/mol. The minimum Gasteiger partial charge on any atom is -0.399 e. The maximum absolute atomic E-state index is 13.8. The number of hydrogen-bond acceptors (Lipinski definition) is 3. The molecular formula is C14H21FN2O2S. The van der Waals surface area contributed by atoms with Crippen LogP contribution in [0.4, 0.5) is 10.1 Å². The Bertz CT molecular complexity index is 614. The van der Waals surface area contributed by atoms with E-state index < -0.39 is 15.8 Å². The zero-order chi connectivity index (χ0) is 15.1. The third-order valence-electron chi connectivity index (χ3n) is 3.92. The van der Waals surface area contributed by atoms with Crippen molar-refractivity contribution >= 4 is 15.7 Å². The van der Waals surface area contributed by atoms with Gasteiger partial charge in [-0.25, -0.2) is 12.8 Å². The molecule has 2 N–H and O–H groups in total. The molecule has 0 spiro atoms. The van der Waals surface area contributed by atoms with Crippen molar-refractivity contribution in [1.82, 2.24) is 4.31 Å². The van der Waals surface area contributed by atoms with Crippen LogP contribution in [0.15, 0.2) is 17.0 Å². The quantitative estimate of drug-likeness (QED) is 0.872. The highest BCUT2D eigenvalue weighted by molar-refractivity contribution is 7.89. The summed E-state index contributed by atoms with van der Waals surface area (Å²) in [7, 11) is -3.70. The van der Waals surface area contributed by atoms with E-state index in [-0.39, 0.29) is 28.1 Å². The average Bonchev–Trinajstić information content (AvgIpc) is 2.83. The van der Waals surface area contributed by atoms with Crippen molar-refractivity contribution in [2.75, 3.05) is 12.3 Å². The molecule has 0 aliphatic carbocycles. The fourth-order valence-electron chi connectivity index (χ4n) is 2.80. The summed E-state index contributed by atoms with van der Waals surface area (Å²) in [6, 6.07) is 2.48. The van der Waals surface area contributed by atoms with Crippen LogP contribution in [-0.4, -0.2) is 25.3 Å². The third-order valence-corrected chi connectivity index (χ3v) is 5.97. The normalized spacial score (nSPS) is 20.8. The van der Waals surface area contributed by atoms with Gasteiger partial charge in [-0.15, -0.1) is 0 Å². The van der Waals surface area contributed by atoms with E-state index in [2.05, 4.69) is 0 Å². The van der Waals surface area contributed by atoms with E-state index in [0.29, 0.717) is 6.54 Å². The van der Waals surface area contributed by atoms with Gasteiger partial charge < -0.3 is 5.73 Å². The van der Waals surface area contributed by atoms with Gasteiger partial charge in [0, 0.05) is 23.8 Å². The molecule has 2 rings (SSSR count). The zero-order valence-corrected chi connectivity index (χ0v) is 12.9. The largest absolute Gasteiger partial charge is 0.399 e. The Morgan fingerprint density at radius 3 is 2.65 bits per heavy atom. The number of hydrogen-bond donors (Lipinski definition) is 1. The topological polar surface area (TPSA) is 63.4 Å². The summed E-state index contributed by atoms with van der Waals surface area (Å²) in [6.45, 7) is 5.97. The highest BCUT2D eigenvalue weighted by atomic mass is 32.2. The SMILES string of the molecule is Cc1c(F)cc(N)cc1S(=O)(=O)N1CCCC1C(C)C. The van der Waals surface area contributed by atoms with Gasteiger partial charge in [-0.3, -0.25) is 0 Å². The fourth-order valence-corrected chi connectivity index (χ4v) is 4.90. The molecule has 4 nitrogen and oxygen atoms in total. The molecule has 112 valence electrons. The van der Waals surface area contributed by atoms with Gasteiger partial charge in [0.05, 0.1) is 4.90 Å². The molecule has 6 heteroatoms. The van der Waals surface area contributed by atoms with E-state index in [4.69, 9.17) is 5.73 Å². The number of halogens is 1. The highest BCUT2D eigenvalue weighted by Gasteiger charge is 2.37. The van der Waals surface area contributed by atoms with Crippen molar-refractivity contribution in [2.45, 2.75) is 44.6 Å². The number of rotatable bonds is 3. The molecule has 0 amide bonds. The first-order chi connectivity index (χ1) is 9.25. The number of benzene rings is 1. The molecule has 1 atom stereocenters. The first-order valence-corrected chi connectivity index (χ1v) is 8.26. The summed E-state index contributed by atoms with van der Waals surface area (Å²) in [5, 5.41) is 0. The van der Waals surface area contributed by atoms with Crippen LogP contribution >= 0.6 is 0 Å². The first kappa shape index (κ1) is 15.3. The lowest BCUT2D eigenvalue weighted by Crippen LogP contribution is -2.38. The Labute approximate surface area is 119 Å². The molecule has 0 saturated carbocycles. The Kier molecular flexibility index (Phi) is 4.07. The van der Waals surface area contributed by atoms with Gasteiger partial charge >= 0.3 is 0 Å².